The molecule has 0 saturated heterocycles. The molecule has 0 spiro atoms. The van der Waals surface area contributed by atoms with Crippen LogP contribution in [0.25, 0.3) is 10.9 Å². The first-order chi connectivity index (χ1) is 8.52. The zero-order valence-corrected chi connectivity index (χ0v) is 9.38. The molecule has 0 bridgehead atoms. The fourth-order valence-corrected chi connectivity index (χ4v) is 1.72. The highest BCUT2D eigenvalue weighted by Crippen LogP contribution is 2.19. The molecule has 2 atom stereocenters. The summed E-state index contributed by atoms with van der Waals surface area (Å²) in [6.45, 7) is -0.0960. The molecule has 0 aliphatic rings. The number of benzene rings is 1. The van der Waals surface area contributed by atoms with E-state index >= 15 is 0 Å². The van der Waals surface area contributed by atoms with Crippen molar-refractivity contribution in [2.75, 3.05) is 6.54 Å². The average molecular weight is 251 g/mol. The lowest BCUT2D eigenvalue weighted by molar-refractivity contribution is 0.0244. The van der Waals surface area contributed by atoms with E-state index in [1.807, 2.05) is 0 Å². The molecular weight excluding hydrogens is 238 g/mol. The lowest BCUT2D eigenvalue weighted by Gasteiger charge is -2.16. The smallest absolute Gasteiger partial charge is 0.326 e. The molecule has 0 fully saturated rings. The number of nitrogens with two attached hydrogens (primary N) is 1. The molecule has 18 heavy (non-hydrogen) atoms. The molecule has 2 rings (SSSR count). The number of fused-ring (bicyclic) bond motifs is 1. The zero-order valence-electron chi connectivity index (χ0n) is 9.38. The Labute approximate surface area is 101 Å². The number of nitrogens with one attached hydrogen (secondary N) is 2. The number of hydrogen-bond donors (Lipinski definition) is 5. The van der Waals surface area contributed by atoms with Crippen LogP contribution in [0.4, 0.5) is 0 Å². The van der Waals surface area contributed by atoms with Gasteiger partial charge in [-0.3, -0.25) is 9.78 Å². The predicted octanol–water partition coefficient (Wildman–Crippen LogP) is -1.43. The standard InChI is InChI=1S/C11H13N3O4/c12-4-8(15)9(16)5-1-2-7-6(3-5)10(17)14-11(18)13-7/h1-3,8-9,15-16H,4,12H2,(H2,13,14,17,18). The van der Waals surface area contributed by atoms with E-state index in [1.54, 1.807) is 0 Å². The number of aromatic nitrogens is 2. The maximum absolute atomic E-state index is 11.6. The third-order valence-corrected chi connectivity index (χ3v) is 2.71. The van der Waals surface area contributed by atoms with Crippen LogP contribution in [0.1, 0.15) is 11.7 Å². The van der Waals surface area contributed by atoms with E-state index in [1.165, 1.54) is 18.2 Å². The highest BCUT2D eigenvalue weighted by Gasteiger charge is 2.17. The number of aromatic amines is 2. The van der Waals surface area contributed by atoms with E-state index in [0.717, 1.165) is 0 Å². The quantitative estimate of drug-likeness (QED) is 0.456. The first-order valence-corrected chi connectivity index (χ1v) is 5.35. The van der Waals surface area contributed by atoms with E-state index in [9.17, 15) is 19.8 Å². The summed E-state index contributed by atoms with van der Waals surface area (Å²) in [7, 11) is 0. The first-order valence-electron chi connectivity index (χ1n) is 5.35. The second-order valence-corrected chi connectivity index (χ2v) is 3.96. The van der Waals surface area contributed by atoms with Gasteiger partial charge in [0.1, 0.15) is 6.10 Å². The van der Waals surface area contributed by atoms with Gasteiger partial charge >= 0.3 is 5.69 Å². The van der Waals surface area contributed by atoms with E-state index in [-0.39, 0.29) is 11.9 Å². The maximum atomic E-state index is 11.6. The molecule has 0 amide bonds. The van der Waals surface area contributed by atoms with Gasteiger partial charge in [-0.05, 0) is 17.7 Å². The lowest BCUT2D eigenvalue weighted by Crippen LogP contribution is -2.27. The fraction of sp³-hybridized carbons (Fsp3) is 0.273. The SMILES string of the molecule is NCC(O)C(O)c1ccc2[nH]c(=O)[nH]c(=O)c2c1. The van der Waals surface area contributed by atoms with E-state index in [4.69, 9.17) is 5.73 Å². The Morgan fingerprint density at radius 2 is 1.94 bits per heavy atom. The highest BCUT2D eigenvalue weighted by atomic mass is 16.3. The van der Waals surface area contributed by atoms with Crippen LogP contribution in [0.15, 0.2) is 27.8 Å². The molecule has 96 valence electrons. The maximum Gasteiger partial charge on any atom is 0.326 e. The van der Waals surface area contributed by atoms with Crippen molar-refractivity contribution in [3.05, 3.63) is 44.6 Å². The van der Waals surface area contributed by atoms with Crippen molar-refractivity contribution in [3.8, 4) is 0 Å². The zero-order chi connectivity index (χ0) is 13.3. The Morgan fingerprint density at radius 1 is 1.22 bits per heavy atom. The van der Waals surface area contributed by atoms with Crippen LogP contribution in [-0.4, -0.2) is 32.8 Å². The second-order valence-electron chi connectivity index (χ2n) is 3.96. The van der Waals surface area contributed by atoms with Crippen molar-refractivity contribution >= 4 is 10.9 Å². The highest BCUT2D eigenvalue weighted by molar-refractivity contribution is 5.77. The van der Waals surface area contributed by atoms with Gasteiger partial charge in [0.25, 0.3) is 5.56 Å². The Bertz CT molecular complexity index is 676. The summed E-state index contributed by atoms with van der Waals surface area (Å²) in [4.78, 5) is 27.2. The van der Waals surface area contributed by atoms with Gasteiger partial charge in [0.2, 0.25) is 0 Å². The van der Waals surface area contributed by atoms with E-state index in [2.05, 4.69) is 9.97 Å². The summed E-state index contributed by atoms with van der Waals surface area (Å²) in [6.07, 6.45) is -2.28. The van der Waals surface area contributed by atoms with Crippen LogP contribution >= 0.6 is 0 Å². The third kappa shape index (κ3) is 2.19. The van der Waals surface area contributed by atoms with Crippen molar-refractivity contribution in [2.24, 2.45) is 5.73 Å². The molecule has 6 N–H and O–H groups in total. The van der Waals surface area contributed by atoms with Crippen LogP contribution in [0.2, 0.25) is 0 Å². The van der Waals surface area contributed by atoms with Crippen molar-refractivity contribution in [2.45, 2.75) is 12.2 Å². The molecule has 0 aliphatic heterocycles. The van der Waals surface area contributed by atoms with Gasteiger partial charge in [0, 0.05) is 6.54 Å². The molecule has 0 radical (unpaired) electrons. The molecule has 2 unspecified atom stereocenters. The summed E-state index contributed by atoms with van der Waals surface area (Å²) in [5.41, 5.74) is 4.82. The van der Waals surface area contributed by atoms with Crippen LogP contribution in [0.3, 0.4) is 0 Å². The van der Waals surface area contributed by atoms with Crippen LogP contribution in [0, 0.1) is 0 Å². The number of aliphatic hydroxyl groups is 2. The summed E-state index contributed by atoms with van der Waals surface area (Å²) in [5.74, 6) is 0. The molecular formula is C11H13N3O4. The largest absolute Gasteiger partial charge is 0.389 e. The summed E-state index contributed by atoms with van der Waals surface area (Å²) >= 11 is 0. The van der Waals surface area contributed by atoms with Gasteiger partial charge in [-0.1, -0.05) is 6.07 Å². The fourth-order valence-electron chi connectivity index (χ4n) is 1.72. The van der Waals surface area contributed by atoms with Gasteiger partial charge in [0.15, 0.2) is 0 Å². The number of rotatable bonds is 3. The Hall–Kier alpha value is -1.96. The minimum Gasteiger partial charge on any atom is -0.389 e. The monoisotopic (exact) mass is 251 g/mol. The van der Waals surface area contributed by atoms with Gasteiger partial charge in [0.05, 0.1) is 17.0 Å². The predicted molar refractivity (Wildman–Crippen MR) is 65.2 cm³/mol. The van der Waals surface area contributed by atoms with Crippen LogP contribution < -0.4 is 17.0 Å². The normalized spacial score (nSPS) is 14.6. The summed E-state index contributed by atoms with van der Waals surface area (Å²) in [5, 5.41) is 19.5. The molecule has 2 aromatic rings. The minimum atomic E-state index is -1.18. The number of aliphatic hydroxyl groups excluding tert-OH is 2. The average Bonchev–Trinajstić information content (AvgIpc) is 2.36. The van der Waals surface area contributed by atoms with Crippen molar-refractivity contribution in [1.82, 2.24) is 9.97 Å². The molecule has 1 heterocycles. The van der Waals surface area contributed by atoms with Crippen LogP contribution in [-0.2, 0) is 0 Å². The van der Waals surface area contributed by atoms with Crippen molar-refractivity contribution in [1.29, 1.82) is 0 Å². The number of H-pyrrole nitrogens is 2. The Morgan fingerprint density at radius 3 is 2.61 bits per heavy atom. The van der Waals surface area contributed by atoms with Gasteiger partial charge in [-0.2, -0.15) is 0 Å². The summed E-state index contributed by atoms with van der Waals surface area (Å²) in [6, 6.07) is 4.42. The van der Waals surface area contributed by atoms with Crippen LogP contribution in [0.5, 0.6) is 0 Å². The second kappa shape index (κ2) is 4.73. The molecule has 7 heteroatoms. The van der Waals surface area contributed by atoms with Gasteiger partial charge in [-0.25, -0.2) is 4.79 Å². The molecule has 0 saturated carbocycles. The van der Waals surface area contributed by atoms with E-state index in [0.29, 0.717) is 11.1 Å². The minimum absolute atomic E-state index is 0.0960. The molecule has 1 aromatic heterocycles. The molecule has 0 aliphatic carbocycles. The van der Waals surface area contributed by atoms with Gasteiger partial charge in [-0.15, -0.1) is 0 Å². The van der Waals surface area contributed by atoms with Crippen molar-refractivity contribution in [3.63, 3.8) is 0 Å². The topological polar surface area (TPSA) is 132 Å². The van der Waals surface area contributed by atoms with E-state index < -0.39 is 23.5 Å². The Kier molecular flexibility index (Phi) is 3.28. The van der Waals surface area contributed by atoms with Gasteiger partial charge < -0.3 is 20.9 Å². The summed E-state index contributed by atoms with van der Waals surface area (Å²) < 4.78 is 0. The molecule has 7 nitrogen and oxygen atoms in total. The molecule has 1 aromatic carbocycles. The number of hydrogen-bond acceptors (Lipinski definition) is 5. The Balaban J connectivity index is 2.57. The van der Waals surface area contributed by atoms with Crippen molar-refractivity contribution < 1.29 is 10.2 Å². The third-order valence-electron chi connectivity index (χ3n) is 2.71. The lowest BCUT2D eigenvalue weighted by atomic mass is 10.0. The first kappa shape index (κ1) is 12.5.